The van der Waals surface area contributed by atoms with Crippen molar-refractivity contribution in [3.63, 3.8) is 0 Å². The summed E-state index contributed by atoms with van der Waals surface area (Å²) in [4.78, 5) is 14.2. The zero-order valence-electron chi connectivity index (χ0n) is 12.5. The van der Waals surface area contributed by atoms with Gasteiger partial charge >= 0.3 is 6.03 Å². The highest BCUT2D eigenvalue weighted by Gasteiger charge is 2.16. The van der Waals surface area contributed by atoms with Crippen molar-refractivity contribution in [3.05, 3.63) is 29.3 Å². The van der Waals surface area contributed by atoms with E-state index >= 15 is 0 Å². The highest BCUT2D eigenvalue weighted by atomic mass is 16.2. The van der Waals surface area contributed by atoms with Gasteiger partial charge in [-0.25, -0.2) is 4.79 Å². The monoisotopic (exact) mass is 286 g/mol. The Balaban J connectivity index is 2.13. The Morgan fingerprint density at radius 3 is 2.67 bits per heavy atom. The van der Waals surface area contributed by atoms with Gasteiger partial charge in [0.15, 0.2) is 0 Å². The molecule has 0 bridgehead atoms. The van der Waals surface area contributed by atoms with Crippen LogP contribution in [0.2, 0.25) is 0 Å². The summed E-state index contributed by atoms with van der Waals surface area (Å²) < 4.78 is 0. The molecule has 1 heterocycles. The molecular formula is C17H22N2O2. The maximum Gasteiger partial charge on any atom is 0.321 e. The first-order chi connectivity index (χ1) is 10.2. The van der Waals surface area contributed by atoms with Crippen molar-refractivity contribution in [1.29, 1.82) is 0 Å². The van der Waals surface area contributed by atoms with Crippen LogP contribution in [0.1, 0.15) is 36.8 Å². The number of anilines is 1. The summed E-state index contributed by atoms with van der Waals surface area (Å²) in [6.07, 6.45) is 4.53. The number of nitrogens with one attached hydrogen (secondary N) is 1. The Morgan fingerprint density at radius 1 is 1.29 bits per heavy atom. The number of urea groups is 1. The minimum absolute atomic E-state index is 0.0606. The number of aliphatic hydroxyl groups excluding tert-OH is 1. The SMILES string of the molecule is Cc1ccc(C#CCO)c(NC(=O)N2CCCCCC2)c1. The van der Waals surface area contributed by atoms with Crippen LogP contribution in [-0.4, -0.2) is 35.7 Å². The summed E-state index contributed by atoms with van der Waals surface area (Å²) >= 11 is 0. The first-order valence-corrected chi connectivity index (χ1v) is 7.47. The van der Waals surface area contributed by atoms with E-state index in [-0.39, 0.29) is 12.6 Å². The molecular weight excluding hydrogens is 264 g/mol. The number of benzene rings is 1. The van der Waals surface area contributed by atoms with Gasteiger partial charge < -0.3 is 15.3 Å². The van der Waals surface area contributed by atoms with E-state index in [9.17, 15) is 4.79 Å². The molecule has 0 saturated carbocycles. The van der Waals surface area contributed by atoms with Crippen molar-refractivity contribution in [2.75, 3.05) is 25.0 Å². The number of hydrogen-bond acceptors (Lipinski definition) is 2. The first-order valence-electron chi connectivity index (χ1n) is 7.47. The zero-order valence-corrected chi connectivity index (χ0v) is 12.5. The molecule has 21 heavy (non-hydrogen) atoms. The van der Waals surface area contributed by atoms with Gasteiger partial charge in [-0.15, -0.1) is 0 Å². The van der Waals surface area contributed by atoms with Crippen LogP contribution in [0.3, 0.4) is 0 Å². The second-order valence-electron chi connectivity index (χ2n) is 5.34. The van der Waals surface area contributed by atoms with E-state index in [1.165, 1.54) is 12.8 Å². The van der Waals surface area contributed by atoms with Gasteiger partial charge in [0.1, 0.15) is 6.61 Å². The van der Waals surface area contributed by atoms with Gasteiger partial charge in [0.05, 0.1) is 5.69 Å². The summed E-state index contributed by atoms with van der Waals surface area (Å²) in [6, 6.07) is 5.67. The summed E-state index contributed by atoms with van der Waals surface area (Å²) in [7, 11) is 0. The quantitative estimate of drug-likeness (QED) is 0.780. The molecule has 4 nitrogen and oxygen atoms in total. The number of rotatable bonds is 1. The largest absolute Gasteiger partial charge is 0.384 e. The standard InChI is InChI=1S/C17H22N2O2/c1-14-8-9-15(7-6-12-20)16(13-14)18-17(21)19-10-4-2-3-5-11-19/h8-9,13,20H,2-5,10-12H2,1H3,(H,18,21). The van der Waals surface area contributed by atoms with Crippen LogP contribution in [0.4, 0.5) is 10.5 Å². The molecule has 0 unspecified atom stereocenters. The molecule has 112 valence electrons. The van der Waals surface area contributed by atoms with Crippen molar-refractivity contribution in [1.82, 2.24) is 4.90 Å². The lowest BCUT2D eigenvalue weighted by atomic mass is 10.1. The van der Waals surface area contributed by atoms with E-state index in [0.717, 1.165) is 37.1 Å². The van der Waals surface area contributed by atoms with E-state index in [1.807, 2.05) is 30.0 Å². The van der Waals surface area contributed by atoms with E-state index in [0.29, 0.717) is 5.69 Å². The number of hydrogen-bond donors (Lipinski definition) is 2. The molecule has 0 spiro atoms. The third-order valence-electron chi connectivity index (χ3n) is 3.61. The van der Waals surface area contributed by atoms with Crippen LogP contribution in [0, 0.1) is 18.8 Å². The van der Waals surface area contributed by atoms with Crippen molar-refractivity contribution >= 4 is 11.7 Å². The summed E-state index contributed by atoms with van der Waals surface area (Å²) in [5.41, 5.74) is 2.51. The highest BCUT2D eigenvalue weighted by Crippen LogP contribution is 2.18. The number of carbonyl (C=O) groups excluding carboxylic acids is 1. The predicted octanol–water partition coefficient (Wildman–Crippen LogP) is 2.75. The van der Waals surface area contributed by atoms with Crippen molar-refractivity contribution in [2.24, 2.45) is 0 Å². The molecule has 0 aliphatic carbocycles. The molecule has 2 rings (SSSR count). The lowest BCUT2D eigenvalue weighted by Crippen LogP contribution is -2.35. The summed E-state index contributed by atoms with van der Waals surface area (Å²) in [6.45, 7) is 3.42. The average Bonchev–Trinajstić information content (AvgIpc) is 2.75. The topological polar surface area (TPSA) is 52.6 Å². The third kappa shape index (κ3) is 4.51. The molecule has 0 aromatic heterocycles. The van der Waals surface area contributed by atoms with Gasteiger partial charge in [0.25, 0.3) is 0 Å². The summed E-state index contributed by atoms with van der Waals surface area (Å²) in [5, 5.41) is 11.8. The predicted molar refractivity (Wildman–Crippen MR) is 84.2 cm³/mol. The maximum atomic E-state index is 12.4. The molecule has 1 saturated heterocycles. The third-order valence-corrected chi connectivity index (χ3v) is 3.61. The molecule has 0 radical (unpaired) electrons. The number of carbonyl (C=O) groups is 1. The Kier molecular flexibility index (Phi) is 5.65. The lowest BCUT2D eigenvalue weighted by molar-refractivity contribution is 0.214. The number of aliphatic hydroxyl groups is 1. The molecule has 2 amide bonds. The second-order valence-corrected chi connectivity index (χ2v) is 5.34. The minimum atomic E-state index is -0.187. The smallest absolute Gasteiger partial charge is 0.321 e. The molecule has 0 atom stereocenters. The van der Waals surface area contributed by atoms with Crippen LogP contribution in [0.15, 0.2) is 18.2 Å². The highest BCUT2D eigenvalue weighted by molar-refractivity contribution is 5.91. The van der Waals surface area contributed by atoms with E-state index < -0.39 is 0 Å². The maximum absolute atomic E-state index is 12.4. The van der Waals surface area contributed by atoms with Crippen molar-refractivity contribution < 1.29 is 9.90 Å². The van der Waals surface area contributed by atoms with Crippen LogP contribution in [0.25, 0.3) is 0 Å². The lowest BCUT2D eigenvalue weighted by Gasteiger charge is -2.21. The van der Waals surface area contributed by atoms with Gasteiger partial charge in [-0.3, -0.25) is 0 Å². The number of amides is 2. The van der Waals surface area contributed by atoms with E-state index in [1.54, 1.807) is 0 Å². The molecule has 1 aliphatic heterocycles. The van der Waals surface area contributed by atoms with Crippen molar-refractivity contribution in [3.8, 4) is 11.8 Å². The van der Waals surface area contributed by atoms with Crippen LogP contribution in [0.5, 0.6) is 0 Å². The van der Waals surface area contributed by atoms with Gasteiger partial charge in [-0.2, -0.15) is 0 Å². The normalized spacial score (nSPS) is 14.9. The molecule has 1 aromatic carbocycles. The molecule has 2 N–H and O–H groups in total. The fourth-order valence-corrected chi connectivity index (χ4v) is 2.47. The van der Waals surface area contributed by atoms with Crippen LogP contribution >= 0.6 is 0 Å². The van der Waals surface area contributed by atoms with Gasteiger partial charge in [0, 0.05) is 18.7 Å². The average molecular weight is 286 g/mol. The molecule has 1 aliphatic rings. The van der Waals surface area contributed by atoms with Crippen LogP contribution in [-0.2, 0) is 0 Å². The molecule has 4 heteroatoms. The molecule has 1 fully saturated rings. The van der Waals surface area contributed by atoms with Crippen molar-refractivity contribution in [2.45, 2.75) is 32.6 Å². The minimum Gasteiger partial charge on any atom is -0.384 e. The summed E-state index contributed by atoms with van der Waals surface area (Å²) in [5.74, 6) is 5.51. The number of likely N-dealkylation sites (tertiary alicyclic amines) is 1. The van der Waals surface area contributed by atoms with Gasteiger partial charge in [-0.05, 0) is 37.5 Å². The number of nitrogens with zero attached hydrogens (tertiary/aromatic N) is 1. The van der Waals surface area contributed by atoms with Gasteiger partial charge in [-0.1, -0.05) is 30.7 Å². The second kappa shape index (κ2) is 7.70. The fraction of sp³-hybridized carbons (Fsp3) is 0.471. The Morgan fingerprint density at radius 2 is 2.00 bits per heavy atom. The zero-order chi connectivity index (χ0) is 15.1. The molecule has 1 aromatic rings. The number of aryl methyl sites for hydroxylation is 1. The van der Waals surface area contributed by atoms with E-state index in [2.05, 4.69) is 17.2 Å². The first kappa shape index (κ1) is 15.4. The Labute approximate surface area is 126 Å². The Bertz CT molecular complexity index is 550. The van der Waals surface area contributed by atoms with Crippen LogP contribution < -0.4 is 5.32 Å². The van der Waals surface area contributed by atoms with Gasteiger partial charge in [0.2, 0.25) is 0 Å². The Hall–Kier alpha value is -1.99. The fourth-order valence-electron chi connectivity index (χ4n) is 2.47. The van der Waals surface area contributed by atoms with E-state index in [4.69, 9.17) is 5.11 Å².